The number of methoxy groups -OCH3 is 1. The molecule has 0 aliphatic heterocycles. The van der Waals surface area contributed by atoms with E-state index in [9.17, 15) is 8.78 Å². The first kappa shape index (κ1) is 13.8. The van der Waals surface area contributed by atoms with Crippen molar-refractivity contribution in [2.24, 2.45) is 0 Å². The van der Waals surface area contributed by atoms with E-state index in [1.165, 1.54) is 7.11 Å². The summed E-state index contributed by atoms with van der Waals surface area (Å²) in [5.74, 6) is -1.66. The Morgan fingerprint density at radius 3 is 2.45 bits per heavy atom. The summed E-state index contributed by atoms with van der Waals surface area (Å²) >= 11 is 0. The number of ether oxygens (including phenoxy) is 2. The van der Waals surface area contributed by atoms with Crippen LogP contribution in [0.1, 0.15) is 11.1 Å². The zero-order valence-electron chi connectivity index (χ0n) is 10.7. The van der Waals surface area contributed by atoms with E-state index in [1.54, 1.807) is 30.3 Å². The molecule has 5 heteroatoms. The third-order valence-corrected chi connectivity index (χ3v) is 2.64. The third kappa shape index (κ3) is 3.04. The summed E-state index contributed by atoms with van der Waals surface area (Å²) in [7, 11) is 1.53. The SMILES string of the molecule is COc1cccc(COc2c(F)cc(C#N)cc2F)c1. The van der Waals surface area contributed by atoms with Gasteiger partial charge in [0.25, 0.3) is 0 Å². The molecule has 3 nitrogen and oxygen atoms in total. The number of benzene rings is 2. The second-order valence-corrected chi connectivity index (χ2v) is 4.02. The molecule has 0 fully saturated rings. The smallest absolute Gasteiger partial charge is 0.191 e. The van der Waals surface area contributed by atoms with Gasteiger partial charge < -0.3 is 9.47 Å². The largest absolute Gasteiger partial charge is 0.497 e. The molecule has 0 bridgehead atoms. The molecule has 0 aliphatic rings. The van der Waals surface area contributed by atoms with Crippen LogP contribution in [0.4, 0.5) is 8.78 Å². The van der Waals surface area contributed by atoms with E-state index in [2.05, 4.69) is 0 Å². The van der Waals surface area contributed by atoms with Gasteiger partial charge in [-0.3, -0.25) is 0 Å². The maximum absolute atomic E-state index is 13.6. The van der Waals surface area contributed by atoms with Gasteiger partial charge in [0, 0.05) is 0 Å². The first-order valence-corrected chi connectivity index (χ1v) is 5.79. The molecule has 0 atom stereocenters. The summed E-state index contributed by atoms with van der Waals surface area (Å²) in [6.07, 6.45) is 0. The second-order valence-electron chi connectivity index (χ2n) is 4.02. The molecule has 2 aromatic rings. The molecule has 0 radical (unpaired) electrons. The van der Waals surface area contributed by atoms with Crippen LogP contribution in [0.15, 0.2) is 36.4 Å². The van der Waals surface area contributed by atoms with Gasteiger partial charge in [0.2, 0.25) is 0 Å². The highest BCUT2D eigenvalue weighted by atomic mass is 19.1. The van der Waals surface area contributed by atoms with Crippen molar-refractivity contribution in [3.63, 3.8) is 0 Å². The number of hydrogen-bond donors (Lipinski definition) is 0. The number of rotatable bonds is 4. The van der Waals surface area contributed by atoms with E-state index >= 15 is 0 Å². The van der Waals surface area contributed by atoms with Crippen molar-refractivity contribution in [3.05, 3.63) is 59.2 Å². The minimum Gasteiger partial charge on any atom is -0.497 e. The molecule has 102 valence electrons. The minimum atomic E-state index is -0.899. The quantitative estimate of drug-likeness (QED) is 0.858. The zero-order chi connectivity index (χ0) is 14.5. The van der Waals surface area contributed by atoms with Crippen LogP contribution < -0.4 is 9.47 Å². The molecule has 0 N–H and O–H groups in total. The van der Waals surface area contributed by atoms with Crippen molar-refractivity contribution in [3.8, 4) is 17.6 Å². The topological polar surface area (TPSA) is 42.2 Å². The molecule has 0 unspecified atom stereocenters. The van der Waals surface area contributed by atoms with E-state index in [0.29, 0.717) is 11.3 Å². The molecule has 0 heterocycles. The standard InChI is InChI=1S/C15H11F2NO2/c1-19-12-4-2-3-10(5-12)9-20-15-13(16)6-11(8-18)7-14(15)17/h2-7H,9H2,1H3. The lowest BCUT2D eigenvalue weighted by Crippen LogP contribution is -2.01. The summed E-state index contributed by atoms with van der Waals surface area (Å²) in [5.41, 5.74) is 0.626. The summed E-state index contributed by atoms with van der Waals surface area (Å²) in [6.45, 7) is -0.00304. The number of nitriles is 1. The van der Waals surface area contributed by atoms with E-state index in [-0.39, 0.29) is 12.2 Å². The maximum Gasteiger partial charge on any atom is 0.191 e. The molecule has 0 spiro atoms. The van der Waals surface area contributed by atoms with Crippen LogP contribution in [0.25, 0.3) is 0 Å². The minimum absolute atomic E-state index is 0.00304. The molecule has 20 heavy (non-hydrogen) atoms. The van der Waals surface area contributed by atoms with Gasteiger partial charge in [-0.1, -0.05) is 12.1 Å². The highest BCUT2D eigenvalue weighted by Crippen LogP contribution is 2.24. The second kappa shape index (κ2) is 6.02. The molecule has 0 aliphatic carbocycles. The average molecular weight is 275 g/mol. The highest BCUT2D eigenvalue weighted by Gasteiger charge is 2.13. The van der Waals surface area contributed by atoms with Gasteiger partial charge in [0.1, 0.15) is 12.4 Å². The van der Waals surface area contributed by atoms with Crippen molar-refractivity contribution in [2.45, 2.75) is 6.61 Å². The van der Waals surface area contributed by atoms with Gasteiger partial charge in [-0.15, -0.1) is 0 Å². The predicted molar refractivity (Wildman–Crippen MR) is 68.4 cm³/mol. The highest BCUT2D eigenvalue weighted by molar-refractivity contribution is 5.37. The van der Waals surface area contributed by atoms with Crippen molar-refractivity contribution in [2.75, 3.05) is 7.11 Å². The number of nitrogens with zero attached hydrogens (tertiary/aromatic N) is 1. The fraction of sp³-hybridized carbons (Fsp3) is 0.133. The van der Waals surface area contributed by atoms with E-state index in [4.69, 9.17) is 14.7 Å². The van der Waals surface area contributed by atoms with Crippen LogP contribution in [0.3, 0.4) is 0 Å². The Morgan fingerprint density at radius 1 is 1.15 bits per heavy atom. The first-order valence-electron chi connectivity index (χ1n) is 5.79. The summed E-state index contributed by atoms with van der Waals surface area (Å²) < 4.78 is 37.4. The lowest BCUT2D eigenvalue weighted by atomic mass is 10.2. The van der Waals surface area contributed by atoms with Crippen LogP contribution in [0.2, 0.25) is 0 Å². The van der Waals surface area contributed by atoms with Gasteiger partial charge in [0.05, 0.1) is 18.7 Å². The van der Waals surface area contributed by atoms with Crippen LogP contribution >= 0.6 is 0 Å². The van der Waals surface area contributed by atoms with Crippen LogP contribution in [0, 0.1) is 23.0 Å². The summed E-state index contributed by atoms with van der Waals surface area (Å²) in [5, 5.41) is 8.60. The van der Waals surface area contributed by atoms with Gasteiger partial charge in [-0.05, 0) is 29.8 Å². The lowest BCUT2D eigenvalue weighted by Gasteiger charge is -2.09. The van der Waals surface area contributed by atoms with Crippen molar-refractivity contribution >= 4 is 0 Å². The van der Waals surface area contributed by atoms with Gasteiger partial charge in [0.15, 0.2) is 17.4 Å². The zero-order valence-corrected chi connectivity index (χ0v) is 10.7. The third-order valence-electron chi connectivity index (χ3n) is 2.64. The average Bonchev–Trinajstić information content (AvgIpc) is 2.46. The van der Waals surface area contributed by atoms with Crippen LogP contribution in [-0.4, -0.2) is 7.11 Å². The Morgan fingerprint density at radius 2 is 1.85 bits per heavy atom. The van der Waals surface area contributed by atoms with E-state index in [1.807, 2.05) is 0 Å². The normalized spacial score (nSPS) is 9.90. The Balaban J connectivity index is 2.17. The Kier molecular flexibility index (Phi) is 4.16. The van der Waals surface area contributed by atoms with E-state index in [0.717, 1.165) is 12.1 Å². The van der Waals surface area contributed by atoms with E-state index < -0.39 is 17.4 Å². The number of halogens is 2. The van der Waals surface area contributed by atoms with Gasteiger partial charge in [-0.25, -0.2) is 8.78 Å². The molecule has 2 rings (SSSR count). The number of hydrogen-bond acceptors (Lipinski definition) is 3. The molecule has 0 saturated heterocycles. The lowest BCUT2D eigenvalue weighted by molar-refractivity contribution is 0.273. The predicted octanol–water partition coefficient (Wildman–Crippen LogP) is 3.42. The maximum atomic E-state index is 13.6. The summed E-state index contributed by atoms with van der Waals surface area (Å²) in [6, 6.07) is 10.5. The fourth-order valence-corrected chi connectivity index (χ4v) is 1.68. The summed E-state index contributed by atoms with van der Waals surface area (Å²) in [4.78, 5) is 0. The Bertz CT molecular complexity index is 642. The van der Waals surface area contributed by atoms with Crippen LogP contribution in [-0.2, 0) is 6.61 Å². The van der Waals surface area contributed by atoms with Crippen LogP contribution in [0.5, 0.6) is 11.5 Å². The first-order chi connectivity index (χ1) is 9.63. The van der Waals surface area contributed by atoms with Crippen molar-refractivity contribution < 1.29 is 18.3 Å². The fourth-order valence-electron chi connectivity index (χ4n) is 1.68. The Labute approximate surface area is 115 Å². The molecular weight excluding hydrogens is 264 g/mol. The monoisotopic (exact) mass is 275 g/mol. The molecule has 0 amide bonds. The van der Waals surface area contributed by atoms with Gasteiger partial charge >= 0.3 is 0 Å². The van der Waals surface area contributed by atoms with Crippen molar-refractivity contribution in [1.82, 2.24) is 0 Å². The van der Waals surface area contributed by atoms with Crippen molar-refractivity contribution in [1.29, 1.82) is 5.26 Å². The molecule has 0 saturated carbocycles. The molecular formula is C15H11F2NO2. The Hall–Kier alpha value is -2.61. The molecule has 2 aromatic carbocycles. The molecule has 0 aromatic heterocycles. The van der Waals surface area contributed by atoms with Gasteiger partial charge in [-0.2, -0.15) is 5.26 Å².